The summed E-state index contributed by atoms with van der Waals surface area (Å²) in [6.45, 7) is 0.814. The molecule has 20 heavy (non-hydrogen) atoms. The SMILES string of the molecule is O=C(NCCNC(=O)C1CSCN1)c1ccc(Cl)cc1. The summed E-state index contributed by atoms with van der Waals surface area (Å²) in [5, 5.41) is 9.21. The first-order chi connectivity index (χ1) is 9.66. The third kappa shape index (κ3) is 4.40. The van der Waals surface area contributed by atoms with Crippen LogP contribution in [0.15, 0.2) is 24.3 Å². The molecule has 108 valence electrons. The fourth-order valence-corrected chi connectivity index (χ4v) is 2.82. The average molecular weight is 314 g/mol. The molecule has 5 nitrogen and oxygen atoms in total. The predicted molar refractivity (Wildman–Crippen MR) is 81.0 cm³/mol. The van der Waals surface area contributed by atoms with Crippen molar-refractivity contribution in [2.24, 2.45) is 0 Å². The van der Waals surface area contributed by atoms with Gasteiger partial charge in [0.05, 0.1) is 6.04 Å². The van der Waals surface area contributed by atoms with Gasteiger partial charge in [0.1, 0.15) is 0 Å². The smallest absolute Gasteiger partial charge is 0.251 e. The van der Waals surface area contributed by atoms with Crippen LogP contribution in [0.3, 0.4) is 0 Å². The summed E-state index contributed by atoms with van der Waals surface area (Å²) in [7, 11) is 0. The quantitative estimate of drug-likeness (QED) is 0.705. The van der Waals surface area contributed by atoms with Crippen molar-refractivity contribution in [3.05, 3.63) is 34.9 Å². The molecule has 1 unspecified atom stereocenters. The number of halogens is 1. The molecule has 0 radical (unpaired) electrons. The van der Waals surface area contributed by atoms with Crippen molar-refractivity contribution in [3.8, 4) is 0 Å². The van der Waals surface area contributed by atoms with Crippen molar-refractivity contribution >= 4 is 35.2 Å². The second-order valence-electron chi connectivity index (χ2n) is 4.33. The molecular formula is C13H16ClN3O2S. The predicted octanol–water partition coefficient (Wildman–Crippen LogP) is 0.849. The summed E-state index contributed by atoms with van der Waals surface area (Å²) in [5.41, 5.74) is 0.551. The number of hydrogen-bond donors (Lipinski definition) is 3. The van der Waals surface area contributed by atoms with Gasteiger partial charge in [0.15, 0.2) is 0 Å². The molecule has 2 amide bonds. The molecule has 7 heteroatoms. The lowest BCUT2D eigenvalue weighted by Gasteiger charge is -2.11. The zero-order valence-electron chi connectivity index (χ0n) is 10.8. The third-order valence-corrected chi connectivity index (χ3v) is 4.04. The average Bonchev–Trinajstić information content (AvgIpc) is 2.98. The Bertz CT molecular complexity index is 475. The van der Waals surface area contributed by atoms with Crippen LogP contribution in [0.2, 0.25) is 5.02 Å². The zero-order valence-corrected chi connectivity index (χ0v) is 12.4. The minimum Gasteiger partial charge on any atom is -0.353 e. The lowest BCUT2D eigenvalue weighted by Crippen LogP contribution is -2.44. The van der Waals surface area contributed by atoms with Crippen molar-refractivity contribution in [1.29, 1.82) is 0 Å². The molecule has 0 aromatic heterocycles. The van der Waals surface area contributed by atoms with Gasteiger partial charge in [0, 0.05) is 35.3 Å². The maximum Gasteiger partial charge on any atom is 0.251 e. The fourth-order valence-electron chi connectivity index (χ4n) is 1.75. The van der Waals surface area contributed by atoms with Gasteiger partial charge in [-0.15, -0.1) is 11.8 Å². The molecule has 1 atom stereocenters. The maximum absolute atomic E-state index is 11.8. The van der Waals surface area contributed by atoms with Crippen LogP contribution in [0, 0.1) is 0 Å². The number of thioether (sulfide) groups is 1. The Labute approximate surface area is 126 Å². The second kappa shape index (κ2) is 7.52. The van der Waals surface area contributed by atoms with Crippen molar-refractivity contribution < 1.29 is 9.59 Å². The summed E-state index contributed by atoms with van der Waals surface area (Å²) >= 11 is 7.45. The zero-order chi connectivity index (χ0) is 14.4. The summed E-state index contributed by atoms with van der Waals surface area (Å²) in [5.74, 6) is 1.41. The Hall–Kier alpha value is -1.24. The van der Waals surface area contributed by atoms with Crippen LogP contribution in [0.4, 0.5) is 0 Å². The lowest BCUT2D eigenvalue weighted by atomic mass is 10.2. The van der Waals surface area contributed by atoms with Crippen LogP contribution in [0.5, 0.6) is 0 Å². The van der Waals surface area contributed by atoms with Crippen molar-refractivity contribution in [1.82, 2.24) is 16.0 Å². The molecule has 1 aromatic rings. The van der Waals surface area contributed by atoms with Crippen molar-refractivity contribution in [2.75, 3.05) is 24.7 Å². The number of rotatable bonds is 5. The Morgan fingerprint density at radius 1 is 1.25 bits per heavy atom. The van der Waals surface area contributed by atoms with E-state index in [9.17, 15) is 9.59 Å². The minimum atomic E-state index is -0.175. The molecule has 1 heterocycles. The molecule has 1 fully saturated rings. The van der Waals surface area contributed by atoms with Gasteiger partial charge in [-0.1, -0.05) is 11.6 Å². The van der Waals surface area contributed by atoms with E-state index in [4.69, 9.17) is 11.6 Å². The van der Waals surface area contributed by atoms with Crippen LogP contribution in [-0.4, -0.2) is 42.6 Å². The van der Waals surface area contributed by atoms with Gasteiger partial charge in [-0.3, -0.25) is 14.9 Å². The van der Waals surface area contributed by atoms with E-state index in [1.165, 1.54) is 0 Å². The van der Waals surface area contributed by atoms with Crippen molar-refractivity contribution in [3.63, 3.8) is 0 Å². The first-order valence-corrected chi connectivity index (χ1v) is 7.82. The molecule has 0 spiro atoms. The first-order valence-electron chi connectivity index (χ1n) is 6.29. The highest BCUT2D eigenvalue weighted by molar-refractivity contribution is 7.99. The monoisotopic (exact) mass is 313 g/mol. The molecule has 0 saturated carbocycles. The number of benzene rings is 1. The molecular weight excluding hydrogens is 298 g/mol. The summed E-state index contributed by atoms with van der Waals surface area (Å²) < 4.78 is 0. The van der Waals surface area contributed by atoms with Gasteiger partial charge >= 0.3 is 0 Å². The molecule has 2 rings (SSSR count). The molecule has 1 aromatic carbocycles. The molecule has 1 aliphatic rings. The highest BCUT2D eigenvalue weighted by atomic mass is 35.5. The first kappa shape index (κ1) is 15.2. The maximum atomic E-state index is 11.8. The largest absolute Gasteiger partial charge is 0.353 e. The van der Waals surface area contributed by atoms with E-state index in [2.05, 4.69) is 16.0 Å². The van der Waals surface area contributed by atoms with Gasteiger partial charge in [-0.05, 0) is 24.3 Å². The summed E-state index contributed by atoms with van der Waals surface area (Å²) in [6.07, 6.45) is 0. The van der Waals surface area contributed by atoms with Gasteiger partial charge in [-0.2, -0.15) is 0 Å². The van der Waals surface area contributed by atoms with E-state index < -0.39 is 0 Å². The number of amides is 2. The Kier molecular flexibility index (Phi) is 5.70. The van der Waals surface area contributed by atoms with Crippen LogP contribution >= 0.6 is 23.4 Å². The third-order valence-electron chi connectivity index (χ3n) is 2.85. The van der Waals surface area contributed by atoms with E-state index in [0.717, 1.165) is 11.6 Å². The number of carbonyl (C=O) groups excluding carboxylic acids is 2. The van der Waals surface area contributed by atoms with Gasteiger partial charge in [0.2, 0.25) is 5.91 Å². The number of carbonyl (C=O) groups is 2. The molecule has 1 saturated heterocycles. The molecule has 3 N–H and O–H groups in total. The van der Waals surface area contributed by atoms with Crippen LogP contribution in [0.1, 0.15) is 10.4 Å². The highest BCUT2D eigenvalue weighted by Crippen LogP contribution is 2.09. The van der Waals surface area contributed by atoms with Gasteiger partial charge in [0.25, 0.3) is 5.91 Å². The van der Waals surface area contributed by atoms with E-state index in [-0.39, 0.29) is 17.9 Å². The summed E-state index contributed by atoms with van der Waals surface area (Å²) in [6, 6.07) is 6.54. The Morgan fingerprint density at radius 3 is 2.60 bits per heavy atom. The van der Waals surface area contributed by atoms with Crippen LogP contribution < -0.4 is 16.0 Å². The number of hydrogen-bond acceptors (Lipinski definition) is 4. The van der Waals surface area contributed by atoms with E-state index in [1.807, 2.05) is 0 Å². The van der Waals surface area contributed by atoms with Gasteiger partial charge < -0.3 is 10.6 Å². The standard InChI is InChI=1S/C13H16ClN3O2S/c14-10-3-1-9(2-4-10)12(18)15-5-6-16-13(19)11-7-20-8-17-11/h1-4,11,17H,5-8H2,(H,15,18)(H,16,19). The Morgan fingerprint density at radius 2 is 1.95 bits per heavy atom. The number of nitrogens with one attached hydrogen (secondary N) is 3. The van der Waals surface area contributed by atoms with E-state index in [1.54, 1.807) is 36.0 Å². The van der Waals surface area contributed by atoms with E-state index >= 15 is 0 Å². The van der Waals surface area contributed by atoms with Crippen LogP contribution in [-0.2, 0) is 4.79 Å². The van der Waals surface area contributed by atoms with Crippen molar-refractivity contribution in [2.45, 2.75) is 6.04 Å². The van der Waals surface area contributed by atoms with E-state index in [0.29, 0.717) is 23.7 Å². The highest BCUT2D eigenvalue weighted by Gasteiger charge is 2.21. The topological polar surface area (TPSA) is 70.2 Å². The lowest BCUT2D eigenvalue weighted by molar-refractivity contribution is -0.122. The summed E-state index contributed by atoms with van der Waals surface area (Å²) in [4.78, 5) is 23.5. The fraction of sp³-hybridized carbons (Fsp3) is 0.385. The minimum absolute atomic E-state index is 0.0178. The normalized spacial score (nSPS) is 17.8. The van der Waals surface area contributed by atoms with Gasteiger partial charge in [-0.25, -0.2) is 0 Å². The second-order valence-corrected chi connectivity index (χ2v) is 5.79. The molecule has 0 bridgehead atoms. The Balaban J connectivity index is 1.66. The van der Waals surface area contributed by atoms with Crippen LogP contribution in [0.25, 0.3) is 0 Å². The molecule has 0 aliphatic carbocycles. The molecule has 1 aliphatic heterocycles.